The van der Waals surface area contributed by atoms with E-state index in [2.05, 4.69) is 51.0 Å². The van der Waals surface area contributed by atoms with E-state index in [1.54, 1.807) is 4.90 Å². The number of halogens is 2. The predicted octanol–water partition coefficient (Wildman–Crippen LogP) is 6.49. The topological polar surface area (TPSA) is 58.6 Å². The van der Waals surface area contributed by atoms with Crippen molar-refractivity contribution in [2.75, 3.05) is 13.2 Å². The van der Waals surface area contributed by atoms with Crippen LogP contribution in [0.1, 0.15) is 43.4 Å². The van der Waals surface area contributed by atoms with Crippen molar-refractivity contribution in [1.82, 2.24) is 10.2 Å². The molecular formula is C29H32Br2N2O3. The average molecular weight is 616 g/mol. The van der Waals surface area contributed by atoms with Crippen molar-refractivity contribution in [2.24, 2.45) is 0 Å². The van der Waals surface area contributed by atoms with Crippen LogP contribution >= 0.6 is 31.9 Å². The maximum atomic E-state index is 13.6. The number of likely N-dealkylation sites (N-methyl/N-ethyl adjacent to an activating group) is 1. The number of hydrogen-bond donors (Lipinski definition) is 1. The van der Waals surface area contributed by atoms with Gasteiger partial charge in [-0.1, -0.05) is 78.3 Å². The molecule has 2 amide bonds. The minimum Gasteiger partial charge on any atom is -0.483 e. The van der Waals surface area contributed by atoms with Crippen molar-refractivity contribution in [3.63, 3.8) is 0 Å². The van der Waals surface area contributed by atoms with Crippen molar-refractivity contribution in [3.05, 3.63) is 98.4 Å². The van der Waals surface area contributed by atoms with Crippen LogP contribution in [-0.2, 0) is 22.6 Å². The van der Waals surface area contributed by atoms with Gasteiger partial charge in [-0.2, -0.15) is 0 Å². The van der Waals surface area contributed by atoms with Gasteiger partial charge in [0.1, 0.15) is 11.8 Å². The van der Waals surface area contributed by atoms with Crippen LogP contribution in [0.3, 0.4) is 0 Å². The predicted molar refractivity (Wildman–Crippen MR) is 151 cm³/mol. The van der Waals surface area contributed by atoms with E-state index in [1.807, 2.05) is 79.7 Å². The number of carbonyl (C=O) groups excluding carboxylic acids is 2. The fourth-order valence-electron chi connectivity index (χ4n) is 3.89. The maximum Gasteiger partial charge on any atom is 0.261 e. The Hall–Kier alpha value is -2.64. The number of ether oxygens (including phenoxy) is 1. The minimum atomic E-state index is -0.686. The molecule has 0 heterocycles. The number of benzene rings is 3. The summed E-state index contributed by atoms with van der Waals surface area (Å²) >= 11 is 7.07. The van der Waals surface area contributed by atoms with Gasteiger partial charge >= 0.3 is 0 Å². The van der Waals surface area contributed by atoms with Gasteiger partial charge in [-0.15, -0.1) is 0 Å². The fraction of sp³-hybridized carbons (Fsp3) is 0.310. The van der Waals surface area contributed by atoms with E-state index in [1.165, 1.54) is 5.56 Å². The van der Waals surface area contributed by atoms with Gasteiger partial charge in [0.2, 0.25) is 5.91 Å². The molecule has 0 aliphatic heterocycles. The summed E-state index contributed by atoms with van der Waals surface area (Å²) in [4.78, 5) is 28.5. The lowest BCUT2D eigenvalue weighted by molar-refractivity contribution is -0.142. The van der Waals surface area contributed by atoms with E-state index in [0.717, 1.165) is 20.1 Å². The Labute approximate surface area is 230 Å². The van der Waals surface area contributed by atoms with Crippen LogP contribution < -0.4 is 10.1 Å². The number of amides is 2. The Morgan fingerprint density at radius 2 is 1.67 bits per heavy atom. The molecule has 3 rings (SSSR count). The average Bonchev–Trinajstić information content (AvgIpc) is 2.86. The molecule has 0 aromatic heterocycles. The highest BCUT2D eigenvalue weighted by atomic mass is 79.9. The summed E-state index contributed by atoms with van der Waals surface area (Å²) in [6, 6.07) is 22.7. The zero-order valence-corrected chi connectivity index (χ0v) is 24.0. The van der Waals surface area contributed by atoms with Crippen LogP contribution in [0.5, 0.6) is 5.75 Å². The highest BCUT2D eigenvalue weighted by Crippen LogP contribution is 2.29. The number of nitrogens with one attached hydrogen (secondary N) is 1. The molecule has 0 bridgehead atoms. The van der Waals surface area contributed by atoms with Gasteiger partial charge in [0, 0.05) is 24.0 Å². The Morgan fingerprint density at radius 3 is 2.31 bits per heavy atom. The molecule has 0 unspecified atom stereocenters. The molecule has 0 radical (unpaired) electrons. The summed E-state index contributed by atoms with van der Waals surface area (Å²) in [5.74, 6) is 0.524. The molecule has 36 heavy (non-hydrogen) atoms. The highest BCUT2D eigenvalue weighted by Gasteiger charge is 2.30. The minimum absolute atomic E-state index is 0.182. The van der Waals surface area contributed by atoms with Gasteiger partial charge < -0.3 is 15.0 Å². The number of carbonyl (C=O) groups is 2. The Bertz CT molecular complexity index is 1170. The van der Waals surface area contributed by atoms with Gasteiger partial charge in [-0.25, -0.2) is 0 Å². The zero-order valence-electron chi connectivity index (χ0n) is 20.8. The summed E-state index contributed by atoms with van der Waals surface area (Å²) in [5.41, 5.74) is 3.08. The summed E-state index contributed by atoms with van der Waals surface area (Å²) in [6.45, 7) is 6.70. The van der Waals surface area contributed by atoms with E-state index in [9.17, 15) is 9.59 Å². The summed E-state index contributed by atoms with van der Waals surface area (Å²) < 4.78 is 7.65. The molecule has 7 heteroatoms. The number of hydrogen-bond acceptors (Lipinski definition) is 3. The molecule has 190 valence electrons. The van der Waals surface area contributed by atoms with Crippen LogP contribution in [0.15, 0.2) is 81.7 Å². The Balaban J connectivity index is 1.88. The molecule has 0 aliphatic rings. The lowest BCUT2D eigenvalue weighted by Gasteiger charge is -2.31. The summed E-state index contributed by atoms with van der Waals surface area (Å²) in [5, 5.41) is 2.91. The third kappa shape index (κ3) is 7.93. The van der Waals surface area contributed by atoms with Crippen LogP contribution in [-0.4, -0.2) is 35.9 Å². The molecule has 5 nitrogen and oxygen atoms in total. The van der Waals surface area contributed by atoms with Crippen molar-refractivity contribution in [2.45, 2.75) is 45.7 Å². The van der Waals surface area contributed by atoms with Crippen molar-refractivity contribution in [3.8, 4) is 5.75 Å². The van der Waals surface area contributed by atoms with Gasteiger partial charge in [-0.3, -0.25) is 9.59 Å². The van der Waals surface area contributed by atoms with Crippen molar-refractivity contribution >= 4 is 43.7 Å². The van der Waals surface area contributed by atoms with Crippen molar-refractivity contribution in [1.29, 1.82) is 0 Å². The summed E-state index contributed by atoms with van der Waals surface area (Å²) in [7, 11) is 0. The molecule has 1 atom stereocenters. The van der Waals surface area contributed by atoms with E-state index in [0.29, 0.717) is 24.6 Å². The lowest BCUT2D eigenvalue weighted by atomic mass is 10.0. The monoisotopic (exact) mass is 614 g/mol. The van der Waals surface area contributed by atoms with Gasteiger partial charge in [-0.05, 0) is 69.7 Å². The first-order valence-electron chi connectivity index (χ1n) is 12.1. The summed E-state index contributed by atoms with van der Waals surface area (Å²) in [6.07, 6.45) is 0.402. The maximum absolute atomic E-state index is 13.6. The zero-order chi connectivity index (χ0) is 26.1. The van der Waals surface area contributed by atoms with E-state index < -0.39 is 6.04 Å². The third-order valence-corrected chi connectivity index (χ3v) is 6.95. The first kappa shape index (κ1) is 27.9. The Morgan fingerprint density at radius 1 is 0.944 bits per heavy atom. The lowest BCUT2D eigenvalue weighted by Crippen LogP contribution is -2.51. The van der Waals surface area contributed by atoms with Crippen molar-refractivity contribution < 1.29 is 14.3 Å². The Kier molecular flexibility index (Phi) is 10.6. The smallest absolute Gasteiger partial charge is 0.261 e. The fourth-order valence-corrected chi connectivity index (χ4v) is 4.85. The molecule has 3 aromatic rings. The van der Waals surface area contributed by atoms with E-state index >= 15 is 0 Å². The molecule has 0 saturated carbocycles. The van der Waals surface area contributed by atoms with Gasteiger partial charge in [0.15, 0.2) is 6.61 Å². The molecule has 1 N–H and O–H groups in total. The van der Waals surface area contributed by atoms with Crippen LogP contribution in [0.2, 0.25) is 0 Å². The van der Waals surface area contributed by atoms with Crippen LogP contribution in [0.25, 0.3) is 0 Å². The van der Waals surface area contributed by atoms with E-state index in [-0.39, 0.29) is 25.0 Å². The molecule has 3 aromatic carbocycles. The van der Waals surface area contributed by atoms with Crippen LogP contribution in [0.4, 0.5) is 0 Å². The normalized spacial score (nSPS) is 11.7. The highest BCUT2D eigenvalue weighted by molar-refractivity contribution is 9.10. The second-order valence-electron chi connectivity index (χ2n) is 8.88. The molecule has 0 fully saturated rings. The molecule has 0 saturated heterocycles. The number of nitrogens with zero attached hydrogens (tertiary/aromatic N) is 1. The second-order valence-corrected chi connectivity index (χ2v) is 10.7. The third-order valence-electron chi connectivity index (χ3n) is 5.84. The molecule has 0 spiro atoms. The van der Waals surface area contributed by atoms with Gasteiger partial charge in [0.25, 0.3) is 5.91 Å². The first-order valence-corrected chi connectivity index (χ1v) is 13.6. The van der Waals surface area contributed by atoms with Crippen LogP contribution in [0, 0.1) is 0 Å². The van der Waals surface area contributed by atoms with E-state index in [4.69, 9.17) is 4.74 Å². The molecule has 0 aliphatic carbocycles. The van der Waals surface area contributed by atoms with Gasteiger partial charge in [0.05, 0.1) is 4.47 Å². The number of rotatable bonds is 11. The largest absolute Gasteiger partial charge is 0.483 e. The first-order chi connectivity index (χ1) is 17.3. The molecular weight excluding hydrogens is 584 g/mol. The standard InChI is InChI=1S/C29H32Br2N2O3/c1-4-32-29(35)26(16-21-9-6-5-7-10-21)33(18-22-11-8-12-24(30)15-22)28(34)19-36-27-14-13-23(20(2)3)17-25(27)31/h5-15,17,20,26H,4,16,18-19H2,1-3H3,(H,32,35)/t26-/m1/s1. The SMILES string of the molecule is CCNC(=O)[C@@H](Cc1ccccc1)N(Cc1cccc(Br)c1)C(=O)COc1ccc(C(C)C)cc1Br. The quantitative estimate of drug-likeness (QED) is 0.268. The second kappa shape index (κ2) is 13.6.